The van der Waals surface area contributed by atoms with E-state index < -0.39 is 0 Å². The molecule has 34 heavy (non-hydrogen) atoms. The molecule has 0 spiro atoms. The van der Waals surface area contributed by atoms with Crippen LogP contribution >= 0.6 is 0 Å². The molecule has 2 aromatic carbocycles. The Hall–Kier alpha value is -2.29. The Bertz CT molecular complexity index is 1080. The fraction of sp³-hybridized carbons (Fsp3) is 0.581. The molecule has 4 rings (SSSR count). The molecule has 3 nitrogen and oxygen atoms in total. The minimum absolute atomic E-state index is 0.0246. The van der Waals surface area contributed by atoms with Crippen LogP contribution in [0.15, 0.2) is 30.3 Å². The third-order valence-corrected chi connectivity index (χ3v) is 7.89. The predicted octanol–water partition coefficient (Wildman–Crippen LogP) is 7.90. The van der Waals surface area contributed by atoms with E-state index in [1.165, 1.54) is 11.1 Å². The van der Waals surface area contributed by atoms with Gasteiger partial charge in [-0.05, 0) is 42.4 Å². The van der Waals surface area contributed by atoms with Gasteiger partial charge in [0, 0.05) is 33.1 Å². The van der Waals surface area contributed by atoms with Gasteiger partial charge in [-0.15, -0.1) is 0 Å². The lowest BCUT2D eigenvalue weighted by Crippen LogP contribution is -2.28. The van der Waals surface area contributed by atoms with Gasteiger partial charge in [0.1, 0.15) is 30.0 Å². The van der Waals surface area contributed by atoms with Gasteiger partial charge in [0.15, 0.2) is 0 Å². The molecule has 0 aliphatic carbocycles. The number of hydrogen-bond donors (Lipinski definition) is 0. The second-order valence-corrected chi connectivity index (χ2v) is 13.2. The summed E-state index contributed by atoms with van der Waals surface area (Å²) in [4.78, 5) is 11.1. The maximum atomic E-state index is 11.1. The van der Waals surface area contributed by atoms with E-state index in [4.69, 9.17) is 9.47 Å². The molecule has 2 aliphatic heterocycles. The zero-order chi connectivity index (χ0) is 25.9. The van der Waals surface area contributed by atoms with Crippen molar-refractivity contribution >= 4 is 6.29 Å². The molecule has 0 aromatic heterocycles. The summed E-state index contributed by atoms with van der Waals surface area (Å²) in [6.45, 7) is 26.3. The van der Waals surface area contributed by atoms with Crippen LogP contribution in [0, 0.1) is 0 Å². The minimum Gasteiger partial charge on any atom is -0.489 e. The number of para-hydroxylation sites is 1. The van der Waals surface area contributed by atoms with Crippen LogP contribution in [0.4, 0.5) is 0 Å². The van der Waals surface area contributed by atoms with Gasteiger partial charge in [0.05, 0.1) is 0 Å². The van der Waals surface area contributed by atoms with Crippen molar-refractivity contribution in [1.29, 1.82) is 0 Å². The predicted molar refractivity (Wildman–Crippen MR) is 142 cm³/mol. The fourth-order valence-electron chi connectivity index (χ4n) is 4.73. The van der Waals surface area contributed by atoms with Crippen LogP contribution in [0.5, 0.6) is 11.5 Å². The van der Waals surface area contributed by atoms with Crippen molar-refractivity contribution in [2.24, 2.45) is 0 Å². The van der Waals surface area contributed by atoms with Crippen molar-refractivity contribution in [3.05, 3.63) is 58.1 Å². The number of aldehydes is 1. The summed E-state index contributed by atoms with van der Waals surface area (Å²) < 4.78 is 12.1. The maximum absolute atomic E-state index is 11.1. The molecule has 0 N–H and O–H groups in total. The first kappa shape index (κ1) is 26.3. The zero-order valence-corrected chi connectivity index (χ0v) is 23.3. The first-order valence-electron chi connectivity index (χ1n) is 12.5. The normalized spacial score (nSPS) is 22.0. The van der Waals surface area contributed by atoms with Gasteiger partial charge in [0.2, 0.25) is 0 Å². The summed E-state index contributed by atoms with van der Waals surface area (Å²) in [5.74, 6) is 2.10. The van der Waals surface area contributed by atoms with E-state index in [-0.39, 0.29) is 33.9 Å². The first-order chi connectivity index (χ1) is 15.4. The molecular weight excluding hydrogens is 420 g/mol. The van der Waals surface area contributed by atoms with Crippen molar-refractivity contribution < 1.29 is 14.3 Å². The van der Waals surface area contributed by atoms with Crippen LogP contribution in [0.1, 0.15) is 116 Å². The largest absolute Gasteiger partial charge is 0.489 e. The molecule has 2 aromatic rings. The lowest BCUT2D eigenvalue weighted by atomic mass is 9.77. The van der Waals surface area contributed by atoms with Gasteiger partial charge < -0.3 is 9.47 Å². The van der Waals surface area contributed by atoms with Crippen LogP contribution in [0.3, 0.4) is 0 Å². The number of carbonyl (C=O) groups excluding carboxylic acids is 1. The number of hydrogen-bond acceptors (Lipinski definition) is 3. The fourth-order valence-corrected chi connectivity index (χ4v) is 4.73. The molecule has 0 radical (unpaired) electrons. The molecule has 0 bridgehead atoms. The standard InChI is InChI=1S/C16H22O2.C15H22O/c1-10-16(5,6)13-8-11(9-17)7-12(14(13)18-10)15(2,3)4;1-10-15(5,6)12-9-7-8-11(13(12)16-10)14(2,3)4/h7-10H,1-6H3;7-10H,1-6H3. The SMILES string of the molecule is CC1Oc2c(C(C)(C)C)cc(C=O)cc2C1(C)C.CC1Oc2c(C(C)(C)C)cccc2C1(C)C. The van der Waals surface area contributed by atoms with Gasteiger partial charge >= 0.3 is 0 Å². The number of fused-ring (bicyclic) bond motifs is 2. The second kappa shape index (κ2) is 8.43. The van der Waals surface area contributed by atoms with E-state index in [2.05, 4.69) is 101 Å². The average molecular weight is 465 g/mol. The highest BCUT2D eigenvalue weighted by Gasteiger charge is 2.42. The zero-order valence-electron chi connectivity index (χ0n) is 23.3. The summed E-state index contributed by atoms with van der Waals surface area (Å²) in [6, 6.07) is 10.5. The Labute approximate surface area is 207 Å². The van der Waals surface area contributed by atoms with Crippen molar-refractivity contribution in [1.82, 2.24) is 0 Å². The van der Waals surface area contributed by atoms with Crippen LogP contribution in [-0.2, 0) is 21.7 Å². The van der Waals surface area contributed by atoms with E-state index in [1.807, 2.05) is 12.1 Å². The van der Waals surface area contributed by atoms with Crippen LogP contribution in [0.2, 0.25) is 0 Å². The van der Waals surface area contributed by atoms with Crippen LogP contribution in [0.25, 0.3) is 0 Å². The molecule has 0 amide bonds. The third kappa shape index (κ3) is 4.51. The Morgan fingerprint density at radius 3 is 1.68 bits per heavy atom. The smallest absolute Gasteiger partial charge is 0.150 e. The van der Waals surface area contributed by atoms with E-state index in [1.54, 1.807) is 0 Å². The van der Waals surface area contributed by atoms with Crippen LogP contribution in [-0.4, -0.2) is 18.5 Å². The summed E-state index contributed by atoms with van der Waals surface area (Å²) in [5.41, 5.74) is 5.89. The van der Waals surface area contributed by atoms with Gasteiger partial charge in [-0.3, -0.25) is 4.79 Å². The van der Waals surface area contributed by atoms with Crippen molar-refractivity contribution in [3.8, 4) is 11.5 Å². The minimum atomic E-state index is -0.0473. The topological polar surface area (TPSA) is 35.5 Å². The molecule has 2 unspecified atom stereocenters. The molecule has 0 saturated heterocycles. The maximum Gasteiger partial charge on any atom is 0.150 e. The van der Waals surface area contributed by atoms with Gasteiger partial charge in [0.25, 0.3) is 0 Å². The Balaban J connectivity index is 0.000000192. The monoisotopic (exact) mass is 464 g/mol. The lowest BCUT2D eigenvalue weighted by Gasteiger charge is -2.23. The summed E-state index contributed by atoms with van der Waals surface area (Å²) in [6.07, 6.45) is 1.32. The highest BCUT2D eigenvalue weighted by Crippen LogP contribution is 2.48. The van der Waals surface area contributed by atoms with E-state index in [0.29, 0.717) is 0 Å². The summed E-state index contributed by atoms with van der Waals surface area (Å²) >= 11 is 0. The quantitative estimate of drug-likeness (QED) is 0.402. The van der Waals surface area contributed by atoms with Crippen molar-refractivity contribution in [2.75, 3.05) is 0 Å². The highest BCUT2D eigenvalue weighted by atomic mass is 16.5. The molecule has 2 heterocycles. The molecule has 0 saturated carbocycles. The molecular formula is C31H44O3. The molecule has 2 atom stereocenters. The van der Waals surface area contributed by atoms with E-state index in [0.717, 1.165) is 34.5 Å². The van der Waals surface area contributed by atoms with Crippen molar-refractivity contribution in [3.63, 3.8) is 0 Å². The van der Waals surface area contributed by atoms with Crippen LogP contribution < -0.4 is 9.47 Å². The Morgan fingerprint density at radius 2 is 1.21 bits per heavy atom. The third-order valence-electron chi connectivity index (χ3n) is 7.89. The summed E-state index contributed by atoms with van der Waals surface area (Å²) in [5, 5.41) is 0. The summed E-state index contributed by atoms with van der Waals surface area (Å²) in [7, 11) is 0. The number of ether oxygens (including phenoxy) is 2. The second-order valence-electron chi connectivity index (χ2n) is 13.2. The number of rotatable bonds is 1. The van der Waals surface area contributed by atoms with Gasteiger partial charge in [-0.2, -0.15) is 0 Å². The average Bonchev–Trinajstić information content (AvgIpc) is 3.08. The lowest BCUT2D eigenvalue weighted by molar-refractivity contribution is 0.112. The Morgan fingerprint density at radius 1 is 0.735 bits per heavy atom. The molecule has 186 valence electrons. The van der Waals surface area contributed by atoms with E-state index in [9.17, 15) is 4.79 Å². The number of benzene rings is 2. The van der Waals surface area contributed by atoms with E-state index >= 15 is 0 Å². The Kier molecular flexibility index (Phi) is 6.52. The van der Waals surface area contributed by atoms with Gasteiger partial charge in [-0.1, -0.05) is 87.4 Å². The molecule has 3 heteroatoms. The first-order valence-corrected chi connectivity index (χ1v) is 12.5. The highest BCUT2D eigenvalue weighted by molar-refractivity contribution is 5.77. The van der Waals surface area contributed by atoms with Gasteiger partial charge in [-0.25, -0.2) is 0 Å². The number of carbonyl (C=O) groups is 1. The van der Waals surface area contributed by atoms with Crippen molar-refractivity contribution in [2.45, 2.75) is 117 Å². The molecule has 0 fully saturated rings. The molecule has 2 aliphatic rings.